The van der Waals surface area contributed by atoms with Gasteiger partial charge in [0, 0.05) is 28.2 Å². The highest BCUT2D eigenvalue weighted by Gasteiger charge is 2.23. The first-order valence-electron chi connectivity index (χ1n) is 5.98. The van der Waals surface area contributed by atoms with Gasteiger partial charge in [0.15, 0.2) is 0 Å². The summed E-state index contributed by atoms with van der Waals surface area (Å²) >= 11 is 7.59. The zero-order chi connectivity index (χ0) is 14.7. The van der Waals surface area contributed by atoms with Gasteiger partial charge in [-0.15, -0.1) is 11.3 Å². The Labute approximate surface area is 126 Å². The second-order valence-electron chi connectivity index (χ2n) is 4.43. The highest BCUT2D eigenvalue weighted by Crippen LogP contribution is 2.30. The molecule has 6 heteroatoms. The molecular weight excluding hydrogens is 297 g/mol. The number of nitriles is 1. The summed E-state index contributed by atoms with van der Waals surface area (Å²) in [4.78, 5) is 6.96. The molecule has 0 aliphatic carbocycles. The van der Waals surface area contributed by atoms with Crippen molar-refractivity contribution in [1.29, 1.82) is 5.26 Å². The molecule has 0 aliphatic rings. The van der Waals surface area contributed by atoms with Crippen LogP contribution in [-0.2, 0) is 6.54 Å². The summed E-state index contributed by atoms with van der Waals surface area (Å²) in [5.41, 5.74) is 0.223. The Bertz CT molecular complexity index is 630. The summed E-state index contributed by atoms with van der Waals surface area (Å²) in [5.74, 6) is -0.462. The number of rotatable bonds is 4. The lowest BCUT2D eigenvalue weighted by Crippen LogP contribution is -2.23. The van der Waals surface area contributed by atoms with Gasteiger partial charge < -0.3 is 0 Å². The normalized spacial score (nSPS) is 12.4. The highest BCUT2D eigenvalue weighted by molar-refractivity contribution is 7.11. The number of halogens is 2. The Kier molecular flexibility index (Phi) is 4.71. The average Bonchev–Trinajstić information content (AvgIpc) is 2.79. The van der Waals surface area contributed by atoms with Crippen LogP contribution in [-0.4, -0.2) is 16.9 Å². The molecule has 0 saturated heterocycles. The van der Waals surface area contributed by atoms with Crippen LogP contribution in [0.2, 0.25) is 5.02 Å². The van der Waals surface area contributed by atoms with Crippen molar-refractivity contribution in [1.82, 2.24) is 9.88 Å². The third kappa shape index (κ3) is 3.15. The summed E-state index contributed by atoms with van der Waals surface area (Å²) < 4.78 is 13.9. The van der Waals surface area contributed by atoms with Gasteiger partial charge in [-0.25, -0.2) is 9.37 Å². The molecule has 0 bridgehead atoms. The van der Waals surface area contributed by atoms with Gasteiger partial charge in [-0.2, -0.15) is 5.26 Å². The molecule has 20 heavy (non-hydrogen) atoms. The number of nitrogens with zero attached hydrogens (tertiary/aromatic N) is 3. The fourth-order valence-corrected chi connectivity index (χ4v) is 3.10. The molecule has 2 rings (SSSR count). The Morgan fingerprint density at radius 1 is 1.55 bits per heavy atom. The Morgan fingerprint density at radius 3 is 2.85 bits per heavy atom. The van der Waals surface area contributed by atoms with Gasteiger partial charge in [0.2, 0.25) is 0 Å². The molecule has 1 atom stereocenters. The minimum atomic E-state index is -0.730. The van der Waals surface area contributed by atoms with Gasteiger partial charge in [0.1, 0.15) is 11.9 Å². The van der Waals surface area contributed by atoms with E-state index in [1.807, 2.05) is 6.92 Å². The van der Waals surface area contributed by atoms with E-state index in [-0.39, 0.29) is 10.6 Å². The van der Waals surface area contributed by atoms with Crippen molar-refractivity contribution in [3.63, 3.8) is 0 Å². The monoisotopic (exact) mass is 309 g/mol. The molecule has 104 valence electrons. The Morgan fingerprint density at radius 2 is 2.30 bits per heavy atom. The van der Waals surface area contributed by atoms with Crippen LogP contribution in [0.1, 0.15) is 21.5 Å². The van der Waals surface area contributed by atoms with Crippen LogP contribution in [0.5, 0.6) is 0 Å². The Balaban J connectivity index is 2.26. The molecule has 0 spiro atoms. The molecule has 0 radical (unpaired) electrons. The molecule has 0 amide bonds. The molecule has 0 unspecified atom stereocenters. The number of aryl methyl sites for hydroxylation is 1. The lowest BCUT2D eigenvalue weighted by molar-refractivity contribution is 0.280. The molecule has 0 saturated carbocycles. The molecule has 1 heterocycles. The van der Waals surface area contributed by atoms with E-state index in [0.29, 0.717) is 6.54 Å². The van der Waals surface area contributed by atoms with Gasteiger partial charge in [-0.1, -0.05) is 17.7 Å². The summed E-state index contributed by atoms with van der Waals surface area (Å²) in [7, 11) is 1.77. The minimum absolute atomic E-state index is 0.223. The van der Waals surface area contributed by atoms with Crippen LogP contribution in [0.15, 0.2) is 24.4 Å². The fourth-order valence-electron chi connectivity index (χ4n) is 1.97. The van der Waals surface area contributed by atoms with Crippen LogP contribution in [0.25, 0.3) is 0 Å². The smallest absolute Gasteiger partial charge is 0.130 e. The lowest BCUT2D eigenvalue weighted by Gasteiger charge is -2.23. The van der Waals surface area contributed by atoms with E-state index >= 15 is 0 Å². The van der Waals surface area contributed by atoms with Crippen LogP contribution in [0.4, 0.5) is 4.39 Å². The average molecular weight is 310 g/mol. The van der Waals surface area contributed by atoms with E-state index in [1.165, 1.54) is 12.1 Å². The maximum Gasteiger partial charge on any atom is 0.130 e. The molecule has 0 fully saturated rings. The quantitative estimate of drug-likeness (QED) is 0.859. The van der Waals surface area contributed by atoms with E-state index in [1.54, 1.807) is 35.5 Å². The third-order valence-electron chi connectivity index (χ3n) is 2.91. The standard InChI is InChI=1S/C14H13ClFN3S/c1-9-18-7-10(20-9)8-19(2)13(6-17)14-11(15)4-3-5-12(14)16/h3-5,7,13H,8H2,1-2H3/t13-/m1/s1. The van der Waals surface area contributed by atoms with Crippen LogP contribution >= 0.6 is 22.9 Å². The van der Waals surface area contributed by atoms with Gasteiger partial charge in [-0.3, -0.25) is 4.90 Å². The van der Waals surface area contributed by atoms with Crippen molar-refractivity contribution >= 4 is 22.9 Å². The van der Waals surface area contributed by atoms with Gasteiger partial charge in [0.05, 0.1) is 11.1 Å². The number of hydrogen-bond donors (Lipinski definition) is 0. The van der Waals surface area contributed by atoms with Crippen LogP contribution < -0.4 is 0 Å². The number of benzene rings is 1. The number of aromatic nitrogens is 1. The van der Waals surface area contributed by atoms with Crippen molar-refractivity contribution in [2.75, 3.05) is 7.05 Å². The van der Waals surface area contributed by atoms with Crippen LogP contribution in [0.3, 0.4) is 0 Å². The van der Waals surface area contributed by atoms with Crippen molar-refractivity contribution in [2.45, 2.75) is 19.5 Å². The second kappa shape index (κ2) is 6.31. The zero-order valence-corrected chi connectivity index (χ0v) is 12.7. The zero-order valence-electron chi connectivity index (χ0n) is 11.1. The largest absolute Gasteiger partial charge is 0.282 e. The molecule has 2 aromatic rings. The summed E-state index contributed by atoms with van der Waals surface area (Å²) in [6.07, 6.45) is 1.77. The first-order chi connectivity index (χ1) is 9.52. The summed E-state index contributed by atoms with van der Waals surface area (Å²) in [5, 5.41) is 10.6. The maximum atomic E-state index is 13.9. The minimum Gasteiger partial charge on any atom is -0.282 e. The summed E-state index contributed by atoms with van der Waals surface area (Å²) in [6, 6.07) is 5.82. The van der Waals surface area contributed by atoms with E-state index in [0.717, 1.165) is 9.88 Å². The SMILES string of the molecule is Cc1ncc(CN(C)[C@H](C#N)c2c(F)cccc2Cl)s1. The van der Waals surface area contributed by atoms with Gasteiger partial charge in [-0.05, 0) is 26.1 Å². The van der Waals surface area contributed by atoms with E-state index in [2.05, 4.69) is 11.1 Å². The van der Waals surface area contributed by atoms with Crippen molar-refractivity contribution in [3.05, 3.63) is 50.7 Å². The van der Waals surface area contributed by atoms with Crippen molar-refractivity contribution in [3.8, 4) is 6.07 Å². The topological polar surface area (TPSA) is 39.9 Å². The lowest BCUT2D eigenvalue weighted by atomic mass is 10.1. The third-order valence-corrected chi connectivity index (χ3v) is 4.14. The van der Waals surface area contributed by atoms with E-state index in [9.17, 15) is 9.65 Å². The fraction of sp³-hybridized carbons (Fsp3) is 0.286. The molecule has 1 aromatic heterocycles. The van der Waals surface area contributed by atoms with Crippen molar-refractivity contribution < 1.29 is 4.39 Å². The molecule has 0 aliphatic heterocycles. The molecule has 3 nitrogen and oxygen atoms in total. The predicted molar refractivity (Wildman–Crippen MR) is 78.1 cm³/mol. The van der Waals surface area contributed by atoms with Gasteiger partial charge >= 0.3 is 0 Å². The molecule has 0 N–H and O–H groups in total. The first kappa shape index (κ1) is 14.9. The van der Waals surface area contributed by atoms with Crippen molar-refractivity contribution in [2.24, 2.45) is 0 Å². The molecule has 1 aromatic carbocycles. The number of thiazole rings is 1. The highest BCUT2D eigenvalue weighted by atomic mass is 35.5. The first-order valence-corrected chi connectivity index (χ1v) is 7.17. The van der Waals surface area contributed by atoms with Crippen LogP contribution in [0, 0.1) is 24.1 Å². The van der Waals surface area contributed by atoms with E-state index in [4.69, 9.17) is 11.6 Å². The predicted octanol–water partition coefficient (Wildman–Crippen LogP) is 3.94. The maximum absolute atomic E-state index is 13.9. The Hall–Kier alpha value is -1.48. The molecular formula is C14H13ClFN3S. The van der Waals surface area contributed by atoms with E-state index < -0.39 is 11.9 Å². The second-order valence-corrected chi connectivity index (χ2v) is 6.15. The number of hydrogen-bond acceptors (Lipinski definition) is 4. The van der Waals surface area contributed by atoms with Gasteiger partial charge in [0.25, 0.3) is 0 Å². The summed E-state index contributed by atoms with van der Waals surface area (Å²) in [6.45, 7) is 2.44.